The first-order valence-corrected chi connectivity index (χ1v) is 8.84. The summed E-state index contributed by atoms with van der Waals surface area (Å²) in [5, 5.41) is 0. The molecule has 1 rings (SSSR count). The molecule has 0 heterocycles. The van der Waals surface area contributed by atoms with Crippen molar-refractivity contribution in [2.75, 3.05) is 19.8 Å². The van der Waals surface area contributed by atoms with Crippen LogP contribution in [-0.2, 0) is 14.8 Å². The third-order valence-corrected chi connectivity index (χ3v) is 4.64. The van der Waals surface area contributed by atoms with Gasteiger partial charge in [0, 0.05) is 25.3 Å². The third kappa shape index (κ3) is 5.75. The SMILES string of the molecule is CCCCOCCCNS(=O)(=O)c1ccc(C)c(C(N)=O)c1. The van der Waals surface area contributed by atoms with E-state index in [2.05, 4.69) is 11.6 Å². The number of rotatable bonds is 10. The molecule has 1 aromatic carbocycles. The van der Waals surface area contributed by atoms with E-state index in [9.17, 15) is 13.2 Å². The average Bonchev–Trinajstić information content (AvgIpc) is 2.46. The summed E-state index contributed by atoms with van der Waals surface area (Å²) in [7, 11) is -3.64. The number of benzene rings is 1. The van der Waals surface area contributed by atoms with Crippen molar-refractivity contribution in [2.24, 2.45) is 5.73 Å². The molecule has 0 aliphatic rings. The topological polar surface area (TPSA) is 98.5 Å². The lowest BCUT2D eigenvalue weighted by Crippen LogP contribution is -2.26. The van der Waals surface area contributed by atoms with Crippen LogP contribution in [0.1, 0.15) is 42.1 Å². The van der Waals surface area contributed by atoms with Gasteiger partial charge < -0.3 is 10.5 Å². The van der Waals surface area contributed by atoms with Crippen LogP contribution in [0.25, 0.3) is 0 Å². The number of unbranched alkanes of at least 4 members (excludes halogenated alkanes) is 1. The summed E-state index contributed by atoms with van der Waals surface area (Å²) in [6.45, 7) is 5.29. The van der Waals surface area contributed by atoms with Crippen molar-refractivity contribution in [3.63, 3.8) is 0 Å². The largest absolute Gasteiger partial charge is 0.381 e. The van der Waals surface area contributed by atoms with E-state index in [1.54, 1.807) is 13.0 Å². The van der Waals surface area contributed by atoms with Gasteiger partial charge in [0.1, 0.15) is 0 Å². The zero-order valence-electron chi connectivity index (χ0n) is 13.1. The van der Waals surface area contributed by atoms with Crippen LogP contribution in [0.5, 0.6) is 0 Å². The Kier molecular flexibility index (Phi) is 7.50. The minimum absolute atomic E-state index is 0.0406. The zero-order valence-corrected chi connectivity index (χ0v) is 13.9. The molecule has 0 atom stereocenters. The fourth-order valence-electron chi connectivity index (χ4n) is 1.85. The number of ether oxygens (including phenoxy) is 1. The Morgan fingerprint density at radius 2 is 1.95 bits per heavy atom. The molecule has 0 aromatic heterocycles. The van der Waals surface area contributed by atoms with E-state index in [0.29, 0.717) is 25.2 Å². The van der Waals surface area contributed by atoms with E-state index < -0.39 is 15.9 Å². The summed E-state index contributed by atoms with van der Waals surface area (Å²) < 4.78 is 32.2. The van der Waals surface area contributed by atoms with Crippen molar-refractivity contribution in [3.05, 3.63) is 29.3 Å². The van der Waals surface area contributed by atoms with Crippen LogP contribution in [-0.4, -0.2) is 34.1 Å². The fourth-order valence-corrected chi connectivity index (χ4v) is 2.95. The maximum absolute atomic E-state index is 12.1. The Hall–Kier alpha value is -1.44. The number of sulfonamides is 1. The summed E-state index contributed by atoms with van der Waals surface area (Å²) in [4.78, 5) is 11.3. The summed E-state index contributed by atoms with van der Waals surface area (Å²) in [5.41, 5.74) is 6.10. The standard InChI is InChI=1S/C15H24N2O4S/c1-3-4-9-21-10-5-8-17-22(19,20)13-7-6-12(2)14(11-13)15(16)18/h6-7,11,17H,3-5,8-10H2,1-2H3,(H2,16,18). The molecule has 6 nitrogen and oxygen atoms in total. The minimum atomic E-state index is -3.64. The molecule has 0 unspecified atom stereocenters. The van der Waals surface area contributed by atoms with Crippen molar-refractivity contribution < 1.29 is 17.9 Å². The maximum Gasteiger partial charge on any atom is 0.249 e. The number of nitrogens with one attached hydrogen (secondary N) is 1. The number of nitrogens with two attached hydrogens (primary N) is 1. The Bertz CT molecular complexity index is 600. The number of primary amides is 1. The first-order valence-electron chi connectivity index (χ1n) is 7.36. The molecular weight excluding hydrogens is 304 g/mol. The highest BCUT2D eigenvalue weighted by atomic mass is 32.2. The van der Waals surface area contributed by atoms with E-state index in [1.807, 2.05) is 0 Å². The van der Waals surface area contributed by atoms with E-state index >= 15 is 0 Å². The van der Waals surface area contributed by atoms with E-state index in [1.165, 1.54) is 12.1 Å². The van der Waals surface area contributed by atoms with Crippen molar-refractivity contribution in [1.29, 1.82) is 0 Å². The number of hydrogen-bond donors (Lipinski definition) is 2. The Labute approximate surface area is 132 Å². The molecule has 0 bridgehead atoms. The molecule has 7 heteroatoms. The van der Waals surface area contributed by atoms with Crippen LogP contribution in [0.2, 0.25) is 0 Å². The molecule has 1 amide bonds. The Balaban J connectivity index is 2.56. The molecule has 0 aliphatic carbocycles. The lowest BCUT2D eigenvalue weighted by Gasteiger charge is -2.09. The smallest absolute Gasteiger partial charge is 0.249 e. The number of aryl methyl sites for hydroxylation is 1. The number of carbonyl (C=O) groups is 1. The second-order valence-corrected chi connectivity index (χ2v) is 6.83. The summed E-state index contributed by atoms with van der Waals surface area (Å²) in [5.74, 6) is -0.640. The Morgan fingerprint density at radius 1 is 1.27 bits per heavy atom. The van der Waals surface area contributed by atoms with Crippen LogP contribution in [0, 0.1) is 6.92 Å². The molecule has 0 spiro atoms. The van der Waals surface area contributed by atoms with Gasteiger partial charge in [-0.1, -0.05) is 19.4 Å². The van der Waals surface area contributed by atoms with Gasteiger partial charge in [0.25, 0.3) is 0 Å². The van der Waals surface area contributed by atoms with Gasteiger partial charge in [0.05, 0.1) is 4.90 Å². The summed E-state index contributed by atoms with van der Waals surface area (Å²) in [6.07, 6.45) is 2.67. The summed E-state index contributed by atoms with van der Waals surface area (Å²) in [6, 6.07) is 4.34. The highest BCUT2D eigenvalue weighted by Gasteiger charge is 2.16. The number of carbonyl (C=O) groups excluding carboxylic acids is 1. The zero-order chi connectivity index (χ0) is 16.6. The molecule has 124 valence electrons. The van der Waals surface area contributed by atoms with Gasteiger partial charge >= 0.3 is 0 Å². The van der Waals surface area contributed by atoms with Gasteiger partial charge in [0.2, 0.25) is 15.9 Å². The van der Waals surface area contributed by atoms with Crippen LogP contribution in [0.3, 0.4) is 0 Å². The predicted molar refractivity (Wildman–Crippen MR) is 85.2 cm³/mol. The molecule has 0 fully saturated rings. The molecule has 0 saturated carbocycles. The molecule has 0 radical (unpaired) electrons. The molecule has 22 heavy (non-hydrogen) atoms. The highest BCUT2D eigenvalue weighted by Crippen LogP contribution is 2.15. The number of hydrogen-bond acceptors (Lipinski definition) is 4. The van der Waals surface area contributed by atoms with Gasteiger partial charge in [-0.2, -0.15) is 0 Å². The van der Waals surface area contributed by atoms with E-state index in [4.69, 9.17) is 10.5 Å². The second kappa shape index (κ2) is 8.87. The van der Waals surface area contributed by atoms with Crippen LogP contribution < -0.4 is 10.5 Å². The molecule has 3 N–H and O–H groups in total. The van der Waals surface area contributed by atoms with Crippen LogP contribution in [0.4, 0.5) is 0 Å². The van der Waals surface area contributed by atoms with Crippen molar-refractivity contribution in [1.82, 2.24) is 4.72 Å². The third-order valence-electron chi connectivity index (χ3n) is 3.18. The Morgan fingerprint density at radius 3 is 2.59 bits per heavy atom. The predicted octanol–water partition coefficient (Wildman–Crippen LogP) is 1.58. The van der Waals surface area contributed by atoms with Gasteiger partial charge in [-0.3, -0.25) is 4.79 Å². The van der Waals surface area contributed by atoms with Crippen LogP contribution in [0.15, 0.2) is 23.1 Å². The van der Waals surface area contributed by atoms with Crippen LogP contribution >= 0.6 is 0 Å². The minimum Gasteiger partial charge on any atom is -0.381 e. The van der Waals surface area contributed by atoms with Crippen molar-refractivity contribution in [3.8, 4) is 0 Å². The van der Waals surface area contributed by atoms with Gasteiger partial charge in [-0.25, -0.2) is 13.1 Å². The van der Waals surface area contributed by atoms with E-state index in [0.717, 1.165) is 12.8 Å². The molecule has 0 saturated heterocycles. The highest BCUT2D eigenvalue weighted by molar-refractivity contribution is 7.89. The molecular formula is C15H24N2O4S. The maximum atomic E-state index is 12.1. The lowest BCUT2D eigenvalue weighted by atomic mass is 10.1. The van der Waals surface area contributed by atoms with Gasteiger partial charge in [-0.05, 0) is 37.5 Å². The molecule has 0 aliphatic heterocycles. The van der Waals surface area contributed by atoms with Gasteiger partial charge in [0.15, 0.2) is 0 Å². The first-order chi connectivity index (χ1) is 10.4. The van der Waals surface area contributed by atoms with E-state index in [-0.39, 0.29) is 17.0 Å². The number of amides is 1. The fraction of sp³-hybridized carbons (Fsp3) is 0.533. The monoisotopic (exact) mass is 328 g/mol. The molecule has 1 aromatic rings. The van der Waals surface area contributed by atoms with Crippen molar-refractivity contribution in [2.45, 2.75) is 38.0 Å². The van der Waals surface area contributed by atoms with Gasteiger partial charge in [-0.15, -0.1) is 0 Å². The quantitative estimate of drug-likeness (QED) is 0.637. The normalized spacial score (nSPS) is 11.5. The summed E-state index contributed by atoms with van der Waals surface area (Å²) >= 11 is 0. The lowest BCUT2D eigenvalue weighted by molar-refractivity contribution is 0.0999. The average molecular weight is 328 g/mol. The van der Waals surface area contributed by atoms with Crippen molar-refractivity contribution >= 4 is 15.9 Å². The first kappa shape index (κ1) is 18.6. The second-order valence-electron chi connectivity index (χ2n) is 5.06.